The van der Waals surface area contributed by atoms with Crippen LogP contribution < -0.4 is 5.32 Å². The minimum atomic E-state index is -0.135. The number of aromatic nitrogens is 2. The molecule has 1 amide bonds. The Labute approximate surface area is 176 Å². The van der Waals surface area contributed by atoms with Gasteiger partial charge in [0, 0.05) is 30.4 Å². The number of nitrogens with zero attached hydrogens (tertiary/aromatic N) is 3. The molecule has 0 radical (unpaired) electrons. The second-order valence-electron chi connectivity index (χ2n) is 8.33. The van der Waals surface area contributed by atoms with Gasteiger partial charge in [-0.25, -0.2) is 0 Å². The number of benzene rings is 1. The van der Waals surface area contributed by atoms with E-state index in [1.54, 1.807) is 12.3 Å². The Morgan fingerprint density at radius 1 is 1.13 bits per heavy atom. The van der Waals surface area contributed by atoms with E-state index >= 15 is 0 Å². The highest BCUT2D eigenvalue weighted by Gasteiger charge is 2.43. The van der Waals surface area contributed by atoms with Crippen LogP contribution in [0.1, 0.15) is 34.9 Å². The molecule has 0 saturated carbocycles. The van der Waals surface area contributed by atoms with Crippen molar-refractivity contribution in [3.8, 4) is 0 Å². The lowest BCUT2D eigenvalue weighted by Crippen LogP contribution is -2.57. The lowest BCUT2D eigenvalue weighted by molar-refractivity contribution is 0.00167. The number of rotatable bonds is 5. The third-order valence-corrected chi connectivity index (χ3v) is 6.74. The summed E-state index contributed by atoms with van der Waals surface area (Å²) in [7, 11) is 0. The first-order valence-corrected chi connectivity index (χ1v) is 10.7. The Morgan fingerprint density at radius 3 is 2.77 bits per heavy atom. The molecule has 1 aromatic carbocycles. The van der Waals surface area contributed by atoms with Gasteiger partial charge in [0.25, 0.3) is 5.91 Å². The van der Waals surface area contributed by atoms with Crippen molar-refractivity contribution in [3.63, 3.8) is 0 Å². The predicted molar refractivity (Wildman–Crippen MR) is 118 cm³/mol. The molecule has 2 aromatic heterocycles. The first-order valence-electron chi connectivity index (χ1n) is 10.7. The number of piperidine rings is 3. The highest BCUT2D eigenvalue weighted by Crippen LogP contribution is 2.42. The molecular formula is C25H26N4O. The number of carbonyl (C=O) groups is 1. The van der Waals surface area contributed by atoms with Crippen molar-refractivity contribution in [2.24, 2.45) is 11.8 Å². The zero-order valence-corrected chi connectivity index (χ0v) is 16.9. The van der Waals surface area contributed by atoms with Crippen molar-refractivity contribution in [2.45, 2.75) is 24.9 Å². The average Bonchev–Trinajstić information content (AvgIpc) is 2.83. The van der Waals surface area contributed by atoms with Crippen LogP contribution in [0.25, 0.3) is 10.9 Å². The Balaban J connectivity index is 1.54. The lowest BCUT2D eigenvalue weighted by Gasteiger charge is -2.51. The predicted octanol–water partition coefficient (Wildman–Crippen LogP) is 4.00. The van der Waals surface area contributed by atoms with Crippen LogP contribution in [0.4, 0.5) is 0 Å². The molecule has 4 unspecified atom stereocenters. The molecule has 3 aliphatic rings. The van der Waals surface area contributed by atoms with Gasteiger partial charge in [-0.15, -0.1) is 6.58 Å². The Kier molecular flexibility index (Phi) is 5.05. The molecule has 3 saturated heterocycles. The van der Waals surface area contributed by atoms with Gasteiger partial charge in [0.05, 0.1) is 11.6 Å². The van der Waals surface area contributed by atoms with Crippen LogP contribution in [0.5, 0.6) is 0 Å². The van der Waals surface area contributed by atoms with Crippen molar-refractivity contribution in [1.29, 1.82) is 0 Å². The van der Waals surface area contributed by atoms with E-state index in [0.29, 0.717) is 17.5 Å². The summed E-state index contributed by atoms with van der Waals surface area (Å²) in [6, 6.07) is 15.8. The molecule has 2 bridgehead atoms. The SMILES string of the molecule is C=CC1CN2CCC1CC2[C@H](NC(=O)c1ccccn1)c1ccnc2ccccc12. The van der Waals surface area contributed by atoms with Crippen molar-refractivity contribution in [3.05, 3.63) is 84.8 Å². The smallest absolute Gasteiger partial charge is 0.270 e. The van der Waals surface area contributed by atoms with Crippen LogP contribution in [0.3, 0.4) is 0 Å². The highest BCUT2D eigenvalue weighted by atomic mass is 16.2. The van der Waals surface area contributed by atoms with Gasteiger partial charge in [-0.1, -0.05) is 30.3 Å². The first-order chi connectivity index (χ1) is 14.7. The van der Waals surface area contributed by atoms with E-state index in [4.69, 9.17) is 0 Å². The average molecular weight is 399 g/mol. The topological polar surface area (TPSA) is 58.1 Å². The van der Waals surface area contributed by atoms with Crippen molar-refractivity contribution < 1.29 is 4.79 Å². The zero-order chi connectivity index (χ0) is 20.5. The molecule has 6 rings (SSSR count). The summed E-state index contributed by atoms with van der Waals surface area (Å²) in [6.45, 7) is 6.13. The minimum Gasteiger partial charge on any atom is -0.342 e. The van der Waals surface area contributed by atoms with E-state index < -0.39 is 0 Å². The van der Waals surface area contributed by atoms with Crippen molar-refractivity contribution in [2.75, 3.05) is 13.1 Å². The fourth-order valence-electron chi connectivity index (χ4n) is 5.21. The quantitative estimate of drug-likeness (QED) is 0.660. The summed E-state index contributed by atoms with van der Waals surface area (Å²) >= 11 is 0. The van der Waals surface area contributed by atoms with Crippen LogP contribution in [0.15, 0.2) is 73.6 Å². The van der Waals surface area contributed by atoms with Gasteiger partial charge in [0.15, 0.2) is 0 Å². The third kappa shape index (κ3) is 3.39. The van der Waals surface area contributed by atoms with Crippen LogP contribution in [-0.2, 0) is 0 Å². The van der Waals surface area contributed by atoms with E-state index in [0.717, 1.165) is 36.0 Å². The number of fused-ring (bicyclic) bond motifs is 4. The molecule has 3 aliphatic heterocycles. The number of pyridine rings is 2. The van der Waals surface area contributed by atoms with Gasteiger partial charge >= 0.3 is 0 Å². The standard InChI is InChI=1S/C25H26N4O/c1-2-17-16-29-14-11-18(17)15-23(29)24(28-25(30)22-9-5-6-12-26-22)20-10-13-27-21-8-4-3-7-19(20)21/h2-10,12-13,17-18,23-24H,1,11,14-16H2,(H,28,30)/t17?,18?,23?,24-/m1/s1. The minimum absolute atomic E-state index is 0.124. The maximum atomic E-state index is 13.1. The molecule has 5 heteroatoms. The molecule has 1 N–H and O–H groups in total. The van der Waals surface area contributed by atoms with Crippen LogP contribution in [0, 0.1) is 11.8 Å². The van der Waals surface area contributed by atoms with Gasteiger partial charge in [-0.3, -0.25) is 19.7 Å². The second-order valence-corrected chi connectivity index (χ2v) is 8.33. The van der Waals surface area contributed by atoms with Crippen LogP contribution in [-0.4, -0.2) is 39.9 Å². The van der Waals surface area contributed by atoms with E-state index in [9.17, 15) is 4.79 Å². The molecular weight excluding hydrogens is 372 g/mol. The molecule has 30 heavy (non-hydrogen) atoms. The molecule has 0 aliphatic carbocycles. The summed E-state index contributed by atoms with van der Waals surface area (Å²) < 4.78 is 0. The molecule has 152 valence electrons. The first kappa shape index (κ1) is 18.9. The number of hydrogen-bond donors (Lipinski definition) is 1. The number of carbonyl (C=O) groups excluding carboxylic acids is 1. The van der Waals surface area contributed by atoms with E-state index in [2.05, 4.69) is 45.0 Å². The lowest BCUT2D eigenvalue weighted by atomic mass is 9.73. The molecule has 5 atom stereocenters. The van der Waals surface area contributed by atoms with Crippen LogP contribution >= 0.6 is 0 Å². The number of para-hydroxylation sites is 1. The van der Waals surface area contributed by atoms with Gasteiger partial charge in [-0.05, 0) is 61.1 Å². The van der Waals surface area contributed by atoms with Gasteiger partial charge < -0.3 is 5.32 Å². The Hall–Kier alpha value is -3.05. The maximum Gasteiger partial charge on any atom is 0.270 e. The highest BCUT2D eigenvalue weighted by molar-refractivity contribution is 5.93. The number of hydrogen-bond acceptors (Lipinski definition) is 4. The summed E-state index contributed by atoms with van der Waals surface area (Å²) in [6.07, 6.45) is 7.87. The van der Waals surface area contributed by atoms with Crippen molar-refractivity contribution in [1.82, 2.24) is 20.2 Å². The molecule has 5 heterocycles. The van der Waals surface area contributed by atoms with Gasteiger partial charge in [0.1, 0.15) is 5.69 Å². The Bertz CT molecular complexity index is 1060. The summed E-state index contributed by atoms with van der Waals surface area (Å²) in [5, 5.41) is 4.42. The van der Waals surface area contributed by atoms with E-state index in [1.165, 1.54) is 6.42 Å². The Morgan fingerprint density at radius 2 is 2.00 bits per heavy atom. The molecule has 3 fully saturated rings. The number of amides is 1. The fraction of sp³-hybridized carbons (Fsp3) is 0.320. The third-order valence-electron chi connectivity index (χ3n) is 6.74. The maximum absolute atomic E-state index is 13.1. The normalized spacial score (nSPS) is 26.3. The number of nitrogens with one attached hydrogen (secondary N) is 1. The summed E-state index contributed by atoms with van der Waals surface area (Å²) in [5.74, 6) is 1.03. The fourth-order valence-corrected chi connectivity index (χ4v) is 5.21. The summed E-state index contributed by atoms with van der Waals surface area (Å²) in [5.41, 5.74) is 2.52. The van der Waals surface area contributed by atoms with Crippen molar-refractivity contribution >= 4 is 16.8 Å². The van der Waals surface area contributed by atoms with Gasteiger partial charge in [0.2, 0.25) is 0 Å². The molecule has 0 spiro atoms. The van der Waals surface area contributed by atoms with Crippen LogP contribution in [0.2, 0.25) is 0 Å². The summed E-state index contributed by atoms with van der Waals surface area (Å²) in [4.78, 5) is 24.4. The van der Waals surface area contributed by atoms with Gasteiger partial charge in [-0.2, -0.15) is 0 Å². The monoisotopic (exact) mass is 398 g/mol. The molecule has 3 aromatic rings. The van der Waals surface area contributed by atoms with E-state index in [1.807, 2.05) is 36.5 Å². The largest absolute Gasteiger partial charge is 0.342 e. The molecule has 5 nitrogen and oxygen atoms in total. The van der Waals surface area contributed by atoms with E-state index in [-0.39, 0.29) is 18.0 Å². The second kappa shape index (κ2) is 8.00. The zero-order valence-electron chi connectivity index (χ0n) is 16.9.